The highest BCUT2D eigenvalue weighted by Gasteiger charge is 2.17. The molecule has 2 rings (SSSR count). The van der Waals surface area contributed by atoms with E-state index in [2.05, 4.69) is 24.4 Å². The van der Waals surface area contributed by atoms with Crippen LogP contribution in [-0.2, 0) is 11.3 Å². The van der Waals surface area contributed by atoms with Gasteiger partial charge in [-0.1, -0.05) is 18.2 Å². The molecule has 0 aliphatic rings. The summed E-state index contributed by atoms with van der Waals surface area (Å²) in [5.41, 5.74) is 2.10. The third-order valence-electron chi connectivity index (χ3n) is 3.60. The molecule has 0 spiro atoms. The highest BCUT2D eigenvalue weighted by Crippen LogP contribution is 2.18. The zero-order chi connectivity index (χ0) is 16.7. The third-order valence-corrected chi connectivity index (χ3v) is 4.61. The molecule has 1 aromatic heterocycles. The van der Waals surface area contributed by atoms with E-state index in [-0.39, 0.29) is 5.91 Å². The van der Waals surface area contributed by atoms with Gasteiger partial charge in [-0.25, -0.2) is 0 Å². The van der Waals surface area contributed by atoms with Crippen LogP contribution in [0.15, 0.2) is 41.8 Å². The predicted molar refractivity (Wildman–Crippen MR) is 94.4 cm³/mol. The summed E-state index contributed by atoms with van der Waals surface area (Å²) in [4.78, 5) is 17.6. The molecule has 23 heavy (non-hydrogen) atoms. The van der Waals surface area contributed by atoms with E-state index in [1.54, 1.807) is 16.2 Å². The number of carbonyl (C=O) groups is 1. The minimum Gasteiger partial charge on any atom is -0.310 e. The van der Waals surface area contributed by atoms with E-state index in [4.69, 9.17) is 5.26 Å². The lowest BCUT2D eigenvalue weighted by Crippen LogP contribution is -2.39. The second-order valence-electron chi connectivity index (χ2n) is 5.49. The van der Waals surface area contributed by atoms with Gasteiger partial charge in [0.1, 0.15) is 0 Å². The summed E-state index contributed by atoms with van der Waals surface area (Å²) < 4.78 is 0. The fraction of sp³-hybridized carbons (Fsp3) is 0.333. The summed E-state index contributed by atoms with van der Waals surface area (Å²) in [6.45, 7) is 3.60. The SMILES string of the molecule is Cc1ccsc1CN(C)CC(=O)N(CCC#N)c1ccccc1. The number of anilines is 1. The van der Waals surface area contributed by atoms with E-state index in [1.165, 1.54) is 10.4 Å². The molecule has 1 heterocycles. The van der Waals surface area contributed by atoms with Gasteiger partial charge in [0.05, 0.1) is 19.0 Å². The third kappa shape index (κ3) is 4.92. The van der Waals surface area contributed by atoms with Crippen molar-refractivity contribution in [3.05, 3.63) is 52.2 Å². The van der Waals surface area contributed by atoms with Gasteiger partial charge in [0, 0.05) is 23.7 Å². The van der Waals surface area contributed by atoms with Gasteiger partial charge in [-0.2, -0.15) is 5.26 Å². The van der Waals surface area contributed by atoms with Crippen LogP contribution in [0.2, 0.25) is 0 Å². The van der Waals surface area contributed by atoms with Crippen molar-refractivity contribution in [2.45, 2.75) is 19.9 Å². The van der Waals surface area contributed by atoms with E-state index in [0.717, 1.165) is 12.2 Å². The molecular weight excluding hydrogens is 306 g/mol. The Morgan fingerprint density at radius 2 is 2.00 bits per heavy atom. The molecular formula is C18H21N3OS. The van der Waals surface area contributed by atoms with Gasteiger partial charge in [0.15, 0.2) is 0 Å². The van der Waals surface area contributed by atoms with Crippen LogP contribution in [0, 0.1) is 18.3 Å². The summed E-state index contributed by atoms with van der Waals surface area (Å²) >= 11 is 1.71. The van der Waals surface area contributed by atoms with Crippen molar-refractivity contribution in [2.75, 3.05) is 25.0 Å². The maximum absolute atomic E-state index is 12.7. The standard InChI is InChI=1S/C18H21N3OS/c1-15-9-12-23-17(15)13-20(2)14-18(22)21(11-6-10-19)16-7-4-3-5-8-16/h3-5,7-9,12H,6,11,13-14H2,1-2H3. The fourth-order valence-electron chi connectivity index (χ4n) is 2.35. The number of amides is 1. The zero-order valence-corrected chi connectivity index (χ0v) is 14.3. The van der Waals surface area contributed by atoms with E-state index in [0.29, 0.717) is 19.5 Å². The summed E-state index contributed by atoms with van der Waals surface area (Å²) in [7, 11) is 1.95. The lowest BCUT2D eigenvalue weighted by Gasteiger charge is -2.25. The van der Waals surface area contributed by atoms with Gasteiger partial charge < -0.3 is 4.90 Å². The number of carbonyl (C=O) groups excluding carboxylic acids is 1. The molecule has 120 valence electrons. The number of thiophene rings is 1. The van der Waals surface area contributed by atoms with Crippen LogP contribution in [-0.4, -0.2) is 30.9 Å². The van der Waals surface area contributed by atoms with Crippen molar-refractivity contribution in [3.8, 4) is 6.07 Å². The van der Waals surface area contributed by atoms with Crippen molar-refractivity contribution < 1.29 is 4.79 Å². The molecule has 2 aromatic rings. The molecule has 4 nitrogen and oxygen atoms in total. The number of hydrogen-bond acceptors (Lipinski definition) is 4. The quantitative estimate of drug-likeness (QED) is 0.783. The number of benzene rings is 1. The molecule has 5 heteroatoms. The second-order valence-corrected chi connectivity index (χ2v) is 6.49. The van der Waals surface area contributed by atoms with Crippen LogP contribution in [0.4, 0.5) is 5.69 Å². The fourth-order valence-corrected chi connectivity index (χ4v) is 3.34. The van der Waals surface area contributed by atoms with Crippen molar-refractivity contribution in [3.63, 3.8) is 0 Å². The first-order valence-corrected chi connectivity index (χ1v) is 8.43. The average Bonchev–Trinajstić information content (AvgIpc) is 2.93. The molecule has 0 N–H and O–H groups in total. The first kappa shape index (κ1) is 17.2. The van der Waals surface area contributed by atoms with Crippen LogP contribution in [0.25, 0.3) is 0 Å². The van der Waals surface area contributed by atoms with Crippen LogP contribution >= 0.6 is 11.3 Å². The Morgan fingerprint density at radius 1 is 1.26 bits per heavy atom. The highest BCUT2D eigenvalue weighted by atomic mass is 32.1. The summed E-state index contributed by atoms with van der Waals surface area (Å²) in [6.07, 6.45) is 0.328. The topological polar surface area (TPSA) is 47.3 Å². The van der Waals surface area contributed by atoms with E-state index < -0.39 is 0 Å². The zero-order valence-electron chi connectivity index (χ0n) is 13.5. The number of hydrogen-bond donors (Lipinski definition) is 0. The Morgan fingerprint density at radius 3 is 2.61 bits per heavy atom. The van der Waals surface area contributed by atoms with Crippen molar-refractivity contribution >= 4 is 22.9 Å². The molecule has 0 bridgehead atoms. The minimum atomic E-state index is 0.0168. The van der Waals surface area contributed by atoms with Gasteiger partial charge >= 0.3 is 0 Å². The summed E-state index contributed by atoms with van der Waals surface area (Å²) in [6, 6.07) is 13.7. The first-order valence-electron chi connectivity index (χ1n) is 7.55. The summed E-state index contributed by atoms with van der Waals surface area (Å²) in [5, 5.41) is 10.9. The number of rotatable bonds is 7. The molecule has 0 fully saturated rings. The highest BCUT2D eigenvalue weighted by molar-refractivity contribution is 7.10. The predicted octanol–water partition coefficient (Wildman–Crippen LogP) is 3.44. The van der Waals surface area contributed by atoms with Gasteiger partial charge in [-0.3, -0.25) is 9.69 Å². The molecule has 0 saturated heterocycles. The van der Waals surface area contributed by atoms with Gasteiger partial charge in [0.25, 0.3) is 0 Å². The molecule has 0 saturated carbocycles. The van der Waals surface area contributed by atoms with Crippen LogP contribution in [0.3, 0.4) is 0 Å². The van der Waals surface area contributed by atoms with Gasteiger partial charge in [-0.15, -0.1) is 11.3 Å². The molecule has 0 atom stereocenters. The second kappa shape index (κ2) is 8.47. The maximum atomic E-state index is 12.7. The monoisotopic (exact) mass is 327 g/mol. The Kier molecular flexibility index (Phi) is 6.33. The molecule has 0 aliphatic heterocycles. The number of likely N-dealkylation sites (N-methyl/N-ethyl adjacent to an activating group) is 1. The lowest BCUT2D eigenvalue weighted by atomic mass is 10.2. The smallest absolute Gasteiger partial charge is 0.241 e. The summed E-state index contributed by atoms with van der Waals surface area (Å²) in [5.74, 6) is 0.0168. The van der Waals surface area contributed by atoms with Crippen molar-refractivity contribution in [1.29, 1.82) is 5.26 Å². The minimum absolute atomic E-state index is 0.0168. The van der Waals surface area contributed by atoms with E-state index in [9.17, 15) is 4.79 Å². The number of nitriles is 1. The largest absolute Gasteiger partial charge is 0.310 e. The van der Waals surface area contributed by atoms with Gasteiger partial charge in [0.2, 0.25) is 5.91 Å². The number of para-hydroxylation sites is 1. The number of nitrogens with zero attached hydrogens (tertiary/aromatic N) is 3. The van der Waals surface area contributed by atoms with Crippen LogP contribution < -0.4 is 4.90 Å². The Bertz CT molecular complexity index is 675. The molecule has 1 amide bonds. The molecule has 0 aliphatic carbocycles. The first-order chi connectivity index (χ1) is 11.1. The Balaban J connectivity index is 2.02. The number of aryl methyl sites for hydroxylation is 1. The maximum Gasteiger partial charge on any atom is 0.241 e. The normalized spacial score (nSPS) is 10.5. The van der Waals surface area contributed by atoms with Crippen LogP contribution in [0.1, 0.15) is 16.9 Å². The lowest BCUT2D eigenvalue weighted by molar-refractivity contribution is -0.119. The van der Waals surface area contributed by atoms with Crippen LogP contribution in [0.5, 0.6) is 0 Å². The van der Waals surface area contributed by atoms with E-state index >= 15 is 0 Å². The van der Waals surface area contributed by atoms with E-state index in [1.807, 2.05) is 42.3 Å². The Hall–Kier alpha value is -2.16. The Labute approximate surface area is 141 Å². The average molecular weight is 327 g/mol. The molecule has 0 radical (unpaired) electrons. The van der Waals surface area contributed by atoms with Gasteiger partial charge in [-0.05, 0) is 43.1 Å². The molecule has 1 aromatic carbocycles. The van der Waals surface area contributed by atoms with Crippen molar-refractivity contribution in [1.82, 2.24) is 4.90 Å². The molecule has 0 unspecified atom stereocenters. The van der Waals surface area contributed by atoms with Crippen molar-refractivity contribution in [2.24, 2.45) is 0 Å².